The number of rotatable bonds is 2. The van der Waals surface area contributed by atoms with Gasteiger partial charge in [0.05, 0.1) is 10.7 Å². The molecule has 0 atom stereocenters. The van der Waals surface area contributed by atoms with E-state index in [9.17, 15) is 9.90 Å². The van der Waals surface area contributed by atoms with Crippen LogP contribution in [0.5, 0.6) is 5.75 Å². The predicted octanol–water partition coefficient (Wildman–Crippen LogP) is 2.59. The first kappa shape index (κ1) is 11.5. The Balaban J connectivity index is 2.17. The molecule has 0 aliphatic carbocycles. The van der Waals surface area contributed by atoms with Crippen LogP contribution in [-0.4, -0.2) is 16.0 Å². The average molecular weight is 253 g/mol. The lowest BCUT2D eigenvalue weighted by atomic mass is 10.2. The van der Waals surface area contributed by atoms with Crippen molar-refractivity contribution in [3.05, 3.63) is 40.7 Å². The zero-order valence-corrected chi connectivity index (χ0v) is 9.65. The number of phenols is 1. The molecule has 1 amide bonds. The Morgan fingerprint density at radius 2 is 2.29 bits per heavy atom. The number of halogens is 1. The summed E-state index contributed by atoms with van der Waals surface area (Å²) >= 11 is 5.70. The molecule has 1 heterocycles. The van der Waals surface area contributed by atoms with Crippen LogP contribution < -0.4 is 5.32 Å². The summed E-state index contributed by atoms with van der Waals surface area (Å²) in [5.74, 6) is -0.482. The number of amides is 1. The van der Waals surface area contributed by atoms with E-state index in [2.05, 4.69) is 10.3 Å². The van der Waals surface area contributed by atoms with E-state index in [1.54, 1.807) is 6.92 Å². The molecule has 0 saturated carbocycles. The van der Waals surface area contributed by atoms with Gasteiger partial charge in [-0.2, -0.15) is 4.98 Å². The summed E-state index contributed by atoms with van der Waals surface area (Å²) in [5, 5.41) is 11.8. The van der Waals surface area contributed by atoms with E-state index in [-0.39, 0.29) is 16.8 Å². The van der Waals surface area contributed by atoms with Gasteiger partial charge in [0.25, 0.3) is 5.91 Å². The highest BCUT2D eigenvalue weighted by atomic mass is 35.5. The van der Waals surface area contributed by atoms with Crippen LogP contribution in [0.4, 0.5) is 6.01 Å². The van der Waals surface area contributed by atoms with Crippen LogP contribution in [-0.2, 0) is 0 Å². The molecule has 0 radical (unpaired) electrons. The summed E-state index contributed by atoms with van der Waals surface area (Å²) in [6, 6.07) is 4.28. The smallest absolute Gasteiger partial charge is 0.301 e. The number of aryl methyl sites for hydroxylation is 1. The lowest BCUT2D eigenvalue weighted by Crippen LogP contribution is -2.11. The summed E-state index contributed by atoms with van der Waals surface area (Å²) in [6.07, 6.45) is 1.43. The van der Waals surface area contributed by atoms with Gasteiger partial charge < -0.3 is 9.52 Å². The molecule has 1 aromatic heterocycles. The fourth-order valence-corrected chi connectivity index (χ4v) is 1.41. The lowest BCUT2D eigenvalue weighted by Gasteiger charge is -2.02. The fourth-order valence-electron chi connectivity index (χ4n) is 1.23. The van der Waals surface area contributed by atoms with Crippen molar-refractivity contribution in [2.75, 3.05) is 5.32 Å². The van der Waals surface area contributed by atoms with E-state index in [1.165, 1.54) is 24.5 Å². The topological polar surface area (TPSA) is 75.4 Å². The molecule has 6 heteroatoms. The summed E-state index contributed by atoms with van der Waals surface area (Å²) in [6.45, 7) is 1.75. The molecule has 2 aromatic rings. The SMILES string of the molecule is Cc1coc(NC(=O)c2ccc(O)c(Cl)c2)n1. The van der Waals surface area contributed by atoms with E-state index in [0.717, 1.165) is 0 Å². The maximum atomic E-state index is 11.7. The van der Waals surface area contributed by atoms with Crippen molar-refractivity contribution in [2.45, 2.75) is 6.92 Å². The number of carbonyl (C=O) groups excluding carboxylic acids is 1. The van der Waals surface area contributed by atoms with E-state index < -0.39 is 5.91 Å². The van der Waals surface area contributed by atoms with Crippen LogP contribution in [0.2, 0.25) is 5.02 Å². The van der Waals surface area contributed by atoms with Gasteiger partial charge in [-0.05, 0) is 25.1 Å². The molecule has 5 nitrogen and oxygen atoms in total. The highest BCUT2D eigenvalue weighted by molar-refractivity contribution is 6.32. The number of nitrogens with zero attached hydrogens (tertiary/aromatic N) is 1. The summed E-state index contributed by atoms with van der Waals surface area (Å²) < 4.78 is 4.98. The summed E-state index contributed by atoms with van der Waals surface area (Å²) in [7, 11) is 0. The van der Waals surface area contributed by atoms with Gasteiger partial charge >= 0.3 is 6.01 Å². The van der Waals surface area contributed by atoms with Gasteiger partial charge in [0.15, 0.2) is 0 Å². The fraction of sp³-hybridized carbons (Fsp3) is 0.0909. The molecule has 0 aliphatic rings. The number of anilines is 1. The van der Waals surface area contributed by atoms with E-state index >= 15 is 0 Å². The molecule has 0 aliphatic heterocycles. The van der Waals surface area contributed by atoms with Gasteiger partial charge in [-0.25, -0.2) is 0 Å². The van der Waals surface area contributed by atoms with Crippen molar-refractivity contribution in [1.82, 2.24) is 4.98 Å². The minimum Gasteiger partial charge on any atom is -0.506 e. The Morgan fingerprint density at radius 3 is 2.88 bits per heavy atom. The first-order valence-electron chi connectivity index (χ1n) is 4.78. The van der Waals surface area contributed by atoms with Crippen molar-refractivity contribution >= 4 is 23.5 Å². The number of hydrogen-bond donors (Lipinski definition) is 2. The molecule has 2 N–H and O–H groups in total. The Morgan fingerprint density at radius 1 is 1.53 bits per heavy atom. The maximum Gasteiger partial charge on any atom is 0.301 e. The van der Waals surface area contributed by atoms with Crippen LogP contribution in [0.3, 0.4) is 0 Å². The third-order valence-corrected chi connectivity index (χ3v) is 2.35. The first-order chi connectivity index (χ1) is 8.06. The second kappa shape index (κ2) is 4.47. The molecular formula is C11H9ClN2O3. The Labute approximate surface area is 102 Å². The van der Waals surface area contributed by atoms with E-state index in [4.69, 9.17) is 16.0 Å². The van der Waals surface area contributed by atoms with E-state index in [1.807, 2.05) is 0 Å². The van der Waals surface area contributed by atoms with Gasteiger partial charge in [-0.3, -0.25) is 10.1 Å². The van der Waals surface area contributed by atoms with Crippen molar-refractivity contribution in [2.24, 2.45) is 0 Å². The number of aromatic nitrogens is 1. The zero-order valence-electron chi connectivity index (χ0n) is 8.90. The Hall–Kier alpha value is -2.01. The first-order valence-corrected chi connectivity index (χ1v) is 5.16. The van der Waals surface area contributed by atoms with Crippen LogP contribution >= 0.6 is 11.6 Å². The molecule has 0 saturated heterocycles. The summed E-state index contributed by atoms with van der Waals surface area (Å²) in [5.41, 5.74) is 0.979. The van der Waals surface area contributed by atoms with Crippen LogP contribution in [0.15, 0.2) is 28.9 Å². The lowest BCUT2D eigenvalue weighted by molar-refractivity contribution is 0.102. The average Bonchev–Trinajstić information content (AvgIpc) is 2.68. The number of phenolic OH excluding ortho intramolecular Hbond substituents is 1. The second-order valence-electron chi connectivity index (χ2n) is 3.41. The van der Waals surface area contributed by atoms with Crippen molar-refractivity contribution in [1.29, 1.82) is 0 Å². The second-order valence-corrected chi connectivity index (χ2v) is 3.82. The Bertz CT molecular complexity index is 566. The highest BCUT2D eigenvalue weighted by Crippen LogP contribution is 2.24. The molecular weight excluding hydrogens is 244 g/mol. The molecule has 88 valence electrons. The van der Waals surface area contributed by atoms with Gasteiger partial charge in [0, 0.05) is 5.56 Å². The number of nitrogens with one attached hydrogen (secondary N) is 1. The largest absolute Gasteiger partial charge is 0.506 e. The van der Waals surface area contributed by atoms with Crippen LogP contribution in [0.1, 0.15) is 16.1 Å². The van der Waals surface area contributed by atoms with Crippen molar-refractivity contribution in [3.8, 4) is 5.75 Å². The minimum atomic E-state index is -0.409. The molecule has 0 fully saturated rings. The van der Waals surface area contributed by atoms with Gasteiger partial charge in [0.2, 0.25) is 0 Å². The van der Waals surface area contributed by atoms with Crippen LogP contribution in [0, 0.1) is 6.92 Å². The monoisotopic (exact) mass is 252 g/mol. The van der Waals surface area contributed by atoms with Gasteiger partial charge in [0.1, 0.15) is 12.0 Å². The third kappa shape index (κ3) is 2.57. The molecule has 1 aromatic carbocycles. The molecule has 0 spiro atoms. The van der Waals surface area contributed by atoms with Crippen LogP contribution in [0.25, 0.3) is 0 Å². The van der Waals surface area contributed by atoms with Gasteiger partial charge in [-0.15, -0.1) is 0 Å². The van der Waals surface area contributed by atoms with Gasteiger partial charge in [-0.1, -0.05) is 11.6 Å². The van der Waals surface area contributed by atoms with E-state index in [0.29, 0.717) is 11.3 Å². The van der Waals surface area contributed by atoms with Crippen molar-refractivity contribution in [3.63, 3.8) is 0 Å². The highest BCUT2D eigenvalue weighted by Gasteiger charge is 2.11. The third-order valence-electron chi connectivity index (χ3n) is 2.05. The normalized spacial score (nSPS) is 10.2. The number of hydrogen-bond acceptors (Lipinski definition) is 4. The standard InChI is InChI=1S/C11H9ClN2O3/c1-6-5-17-11(13-6)14-10(16)7-2-3-9(15)8(12)4-7/h2-5,15H,1H3,(H,13,14,16). The zero-order chi connectivity index (χ0) is 12.4. The maximum absolute atomic E-state index is 11.7. The Kier molecular flexibility index (Phi) is 3.01. The van der Waals surface area contributed by atoms with Crippen molar-refractivity contribution < 1.29 is 14.3 Å². The predicted molar refractivity (Wildman–Crippen MR) is 62.3 cm³/mol. The minimum absolute atomic E-state index is 0.0739. The molecule has 2 rings (SSSR count). The number of aromatic hydroxyl groups is 1. The molecule has 17 heavy (non-hydrogen) atoms. The molecule has 0 unspecified atom stereocenters. The number of carbonyl (C=O) groups is 1. The number of benzene rings is 1. The number of oxazole rings is 1. The molecule has 0 bridgehead atoms. The quantitative estimate of drug-likeness (QED) is 0.861. The summed E-state index contributed by atoms with van der Waals surface area (Å²) in [4.78, 5) is 15.7.